The molecule has 5 aromatic rings. The Morgan fingerprint density at radius 1 is 0.831 bits per heavy atom. The van der Waals surface area contributed by atoms with E-state index in [0.717, 1.165) is 119 Å². The van der Waals surface area contributed by atoms with Gasteiger partial charge in [-0.1, -0.05) is 36.3 Å². The number of terminal acetylenes is 1. The zero-order valence-corrected chi connectivity index (χ0v) is 40.0. The summed E-state index contributed by atoms with van der Waals surface area (Å²) in [7, 11) is 2.16. The molecule has 4 amide bonds. The van der Waals surface area contributed by atoms with E-state index in [1.165, 1.54) is 0 Å². The van der Waals surface area contributed by atoms with Gasteiger partial charge in [0.15, 0.2) is 5.82 Å². The lowest BCUT2D eigenvalue weighted by atomic mass is 9.95. The Hall–Kier alpha value is -6.58. The highest BCUT2D eigenvalue weighted by Crippen LogP contribution is 2.38. The second-order valence-electron chi connectivity index (χ2n) is 20.6. The second kappa shape index (κ2) is 18.5. The van der Waals surface area contributed by atoms with Gasteiger partial charge in [-0.25, -0.2) is 4.39 Å². The minimum absolute atomic E-state index is 0.0918. The van der Waals surface area contributed by atoms with Crippen molar-refractivity contribution >= 4 is 56.8 Å². The normalized spacial score (nSPS) is 25.6. The van der Waals surface area contributed by atoms with E-state index in [1.807, 2.05) is 42.5 Å². The smallest absolute Gasteiger partial charge is 0.319 e. The van der Waals surface area contributed by atoms with Gasteiger partial charge in [-0.2, -0.15) is 9.97 Å². The number of fused-ring (bicyclic) bond motifs is 5. The van der Waals surface area contributed by atoms with E-state index in [0.29, 0.717) is 64.1 Å². The van der Waals surface area contributed by atoms with Gasteiger partial charge in [0, 0.05) is 124 Å². The Bertz CT molecular complexity index is 3000. The molecule has 0 saturated carbocycles. The van der Waals surface area contributed by atoms with Crippen molar-refractivity contribution < 1.29 is 28.3 Å². The second-order valence-corrected chi connectivity index (χ2v) is 20.6. The van der Waals surface area contributed by atoms with Gasteiger partial charge in [-0.3, -0.25) is 44.2 Å². The van der Waals surface area contributed by atoms with Gasteiger partial charge in [0.1, 0.15) is 29.7 Å². The summed E-state index contributed by atoms with van der Waals surface area (Å²) in [6.45, 7) is 9.65. The lowest BCUT2D eigenvalue weighted by molar-refractivity contribution is -0.136. The number of piperidine rings is 2. The molecule has 6 saturated heterocycles. The molecule has 17 heteroatoms. The number of rotatable bonds is 10. The number of nitrogens with one attached hydrogen (secondary N) is 2. The number of carbonyl (C=O) groups excluding carboxylic acids is 4. The summed E-state index contributed by atoms with van der Waals surface area (Å²) in [6, 6.07) is 17.3. The molecule has 7 aliphatic heterocycles. The summed E-state index contributed by atoms with van der Waals surface area (Å²) in [6.07, 6.45) is 13.1. The third kappa shape index (κ3) is 8.43. The van der Waals surface area contributed by atoms with Gasteiger partial charge in [0.05, 0.1) is 16.5 Å². The van der Waals surface area contributed by atoms with Gasteiger partial charge >= 0.3 is 6.01 Å². The molecule has 0 radical (unpaired) electrons. The number of benzene rings is 3. The highest BCUT2D eigenvalue weighted by atomic mass is 19.1. The maximum absolute atomic E-state index is 17.1. The predicted molar refractivity (Wildman–Crippen MR) is 267 cm³/mol. The lowest BCUT2D eigenvalue weighted by Gasteiger charge is -2.41. The third-order valence-electron chi connectivity index (χ3n) is 16.4. The number of carbonyl (C=O) groups is 4. The summed E-state index contributed by atoms with van der Waals surface area (Å²) < 4.78 is 23.6. The molecule has 0 spiro atoms. The van der Waals surface area contributed by atoms with Crippen LogP contribution >= 0.6 is 0 Å². The van der Waals surface area contributed by atoms with Crippen molar-refractivity contribution in [2.75, 3.05) is 88.9 Å². The zero-order chi connectivity index (χ0) is 48.5. The predicted octanol–water partition coefficient (Wildman–Crippen LogP) is 4.29. The maximum Gasteiger partial charge on any atom is 0.319 e. The Labute approximate surface area is 411 Å². The molecule has 2 aromatic heterocycles. The van der Waals surface area contributed by atoms with E-state index in [1.54, 1.807) is 18.3 Å². The third-order valence-corrected chi connectivity index (χ3v) is 16.4. The van der Waals surface area contributed by atoms with Crippen LogP contribution in [0.1, 0.15) is 71.2 Å². The number of hydrogen-bond acceptors (Lipinski definition) is 14. The van der Waals surface area contributed by atoms with Crippen LogP contribution in [0.25, 0.3) is 32.9 Å². The Balaban J connectivity index is 0.667. The van der Waals surface area contributed by atoms with E-state index in [9.17, 15) is 19.2 Å². The molecule has 9 heterocycles. The summed E-state index contributed by atoms with van der Waals surface area (Å²) in [5.74, 6) is 1.52. The van der Waals surface area contributed by atoms with Crippen LogP contribution in [-0.2, 0) is 9.59 Å². The summed E-state index contributed by atoms with van der Waals surface area (Å²) in [4.78, 5) is 78.6. The van der Waals surface area contributed by atoms with E-state index in [-0.39, 0.29) is 42.0 Å². The number of hydrogen-bond donors (Lipinski definition) is 2. The maximum atomic E-state index is 17.1. The van der Waals surface area contributed by atoms with Crippen molar-refractivity contribution in [3.05, 3.63) is 83.3 Å². The highest BCUT2D eigenvalue weighted by molar-refractivity contribution is 6.23. The molecule has 3 unspecified atom stereocenters. The van der Waals surface area contributed by atoms with Crippen molar-refractivity contribution in [1.29, 1.82) is 0 Å². The number of nitrogens with zero attached hydrogens (tertiary/aromatic N) is 9. The number of piperazine rings is 2. The van der Waals surface area contributed by atoms with Crippen molar-refractivity contribution in [2.24, 2.45) is 5.92 Å². The molecule has 366 valence electrons. The lowest BCUT2D eigenvalue weighted by Crippen LogP contribution is -2.54. The molecular weight excluding hydrogens is 902 g/mol. The number of anilines is 2. The number of amides is 4. The van der Waals surface area contributed by atoms with Crippen molar-refractivity contribution in [3.63, 3.8) is 0 Å². The van der Waals surface area contributed by atoms with Crippen LogP contribution in [-0.4, -0.2) is 167 Å². The van der Waals surface area contributed by atoms with Crippen molar-refractivity contribution in [1.82, 2.24) is 45.2 Å². The molecule has 2 N–H and O–H groups in total. The molecule has 0 aliphatic carbocycles. The van der Waals surface area contributed by atoms with Gasteiger partial charge in [-0.05, 0) is 81.1 Å². The minimum Gasteiger partial charge on any atom is -0.462 e. The number of pyridine rings is 1. The standard InChI is InChI=1S/C54H58FN11O5/c1-3-33-6-4-7-34-8-5-9-41(46(33)34)48-47(55)49-43(26-56-48)50(65-28-35-10-11-36(29-65)57-35)60-54(59-49)71-31-39-24-38(30-61(39)2)64-22-20-62(21-23-64)27-32-16-18-63(19-17-32)37-12-13-40-42(25-37)53(70)66(52(40)69)44-14-15-45(67)58-51(44)68/h1,4-9,12-13,25-26,32,35-36,38-39,44,57H,10-11,14-24,27-31H2,2H3,(H,58,67,68)/t35?,36?,38-,39-,44?/m0/s1. The average molecular weight is 960 g/mol. The monoisotopic (exact) mass is 959 g/mol. The Morgan fingerprint density at radius 3 is 2.35 bits per heavy atom. The Morgan fingerprint density at radius 2 is 1.59 bits per heavy atom. The van der Waals surface area contributed by atoms with Gasteiger partial charge in [0.2, 0.25) is 11.8 Å². The Kier molecular flexibility index (Phi) is 11.9. The van der Waals surface area contributed by atoms with Gasteiger partial charge in [0.25, 0.3) is 11.8 Å². The molecule has 7 aliphatic rings. The quantitative estimate of drug-likeness (QED) is 0.151. The van der Waals surface area contributed by atoms with Crippen LogP contribution in [0.5, 0.6) is 6.01 Å². The molecule has 16 nitrogen and oxygen atoms in total. The first-order valence-corrected chi connectivity index (χ1v) is 25.3. The van der Waals surface area contributed by atoms with E-state index in [2.05, 4.69) is 48.1 Å². The summed E-state index contributed by atoms with van der Waals surface area (Å²) in [5, 5.41) is 8.22. The van der Waals surface area contributed by atoms with Crippen LogP contribution in [0.2, 0.25) is 0 Å². The molecule has 2 bridgehead atoms. The minimum atomic E-state index is -0.975. The molecule has 6 fully saturated rings. The first-order valence-electron chi connectivity index (χ1n) is 25.3. The number of aromatic nitrogens is 3. The van der Waals surface area contributed by atoms with Crippen LogP contribution < -0.4 is 25.2 Å². The topological polar surface area (TPSA) is 160 Å². The van der Waals surface area contributed by atoms with Crippen molar-refractivity contribution in [3.8, 4) is 29.6 Å². The van der Waals surface area contributed by atoms with Crippen LogP contribution in [0, 0.1) is 24.1 Å². The van der Waals surface area contributed by atoms with Gasteiger partial charge in [-0.15, -0.1) is 6.42 Å². The van der Waals surface area contributed by atoms with E-state index < -0.39 is 29.6 Å². The van der Waals surface area contributed by atoms with E-state index in [4.69, 9.17) is 26.1 Å². The molecule has 3 aromatic carbocycles. The number of halogens is 1. The summed E-state index contributed by atoms with van der Waals surface area (Å²) >= 11 is 0. The van der Waals surface area contributed by atoms with Crippen LogP contribution in [0.15, 0.2) is 60.8 Å². The zero-order valence-electron chi connectivity index (χ0n) is 40.0. The molecule has 12 rings (SSSR count). The number of likely N-dealkylation sites (tertiary alicyclic amines) is 1. The van der Waals surface area contributed by atoms with Crippen molar-refractivity contribution in [2.45, 2.75) is 75.2 Å². The SMILES string of the molecule is C#Cc1cccc2cccc(-c3ncc4c(N5CC6CCC(C5)N6)nc(OC[C@@H]5C[C@H](N6CCN(CC7CCN(c8ccc9c(c8)C(=O)N(C8CCC(=O)NC8=O)C9=O)CC7)CC6)CN5C)nc4c3F)c12. The number of ether oxygens (including phenoxy) is 1. The fourth-order valence-electron chi connectivity index (χ4n) is 12.5. The number of imide groups is 2. The van der Waals surface area contributed by atoms with Crippen LogP contribution in [0.3, 0.4) is 0 Å². The number of likely N-dealkylation sites (N-methyl/N-ethyl adjacent to an activating group) is 1. The molecule has 5 atom stereocenters. The first-order chi connectivity index (χ1) is 34.6. The molecule has 71 heavy (non-hydrogen) atoms. The van der Waals surface area contributed by atoms with E-state index >= 15 is 4.39 Å². The first kappa shape index (κ1) is 45.6. The van der Waals surface area contributed by atoms with Gasteiger partial charge < -0.3 is 24.8 Å². The van der Waals surface area contributed by atoms with Crippen LogP contribution in [0.4, 0.5) is 15.9 Å². The fraction of sp³-hybridized carbons (Fsp3) is 0.463. The fourth-order valence-corrected chi connectivity index (χ4v) is 12.5. The highest BCUT2D eigenvalue weighted by Gasteiger charge is 2.45. The largest absolute Gasteiger partial charge is 0.462 e. The summed E-state index contributed by atoms with van der Waals surface area (Å²) in [5.41, 5.74) is 3.21. The molecular formula is C54H58FN11O5. The average Bonchev–Trinajstić information content (AvgIpc) is 4.02.